The Morgan fingerprint density at radius 2 is 1.88 bits per heavy atom. The van der Waals surface area contributed by atoms with Crippen LogP contribution in [-0.2, 0) is 11.5 Å². The highest BCUT2D eigenvalue weighted by Gasteiger charge is 2.13. The van der Waals surface area contributed by atoms with Gasteiger partial charge in [0.05, 0.1) is 5.69 Å². The first kappa shape index (κ1) is 21.9. The Kier molecular flexibility index (Phi) is 6.43. The highest BCUT2D eigenvalue weighted by Crippen LogP contribution is 2.26. The van der Waals surface area contributed by atoms with E-state index >= 15 is 0 Å². The second-order valence-corrected chi connectivity index (χ2v) is 14.4. The topological polar surface area (TPSA) is 79.1 Å². The van der Waals surface area contributed by atoms with Crippen molar-refractivity contribution in [1.82, 2.24) is 19.7 Å². The minimum Gasteiger partial charge on any atom is -0.439 e. The normalized spacial score (nSPS) is 11.6. The number of hydrogen-bond acceptors (Lipinski definition) is 6. The summed E-state index contributed by atoms with van der Waals surface area (Å²) in [6.45, 7) is 8.17. The molecule has 4 aromatic rings. The smallest absolute Gasteiger partial charge is 0.219 e. The van der Waals surface area contributed by atoms with Gasteiger partial charge in [0.15, 0.2) is 6.29 Å². The van der Waals surface area contributed by atoms with Crippen molar-refractivity contribution in [2.24, 2.45) is 0 Å². The Balaban J connectivity index is 1.43. The van der Waals surface area contributed by atoms with E-state index in [-0.39, 0.29) is 0 Å². The second-order valence-electron chi connectivity index (χ2n) is 8.79. The summed E-state index contributed by atoms with van der Waals surface area (Å²) < 4.78 is 13.6. The summed E-state index contributed by atoms with van der Waals surface area (Å²) in [4.78, 5) is 19.5. The monoisotopic (exact) mass is 446 g/mol. The Morgan fingerprint density at radius 3 is 2.62 bits per heavy atom. The molecule has 3 aromatic heterocycles. The molecule has 0 amide bonds. The maximum absolute atomic E-state index is 11.0. The lowest BCUT2D eigenvalue weighted by atomic mass is 10.1. The van der Waals surface area contributed by atoms with E-state index in [2.05, 4.69) is 34.7 Å². The average molecular weight is 447 g/mol. The molecule has 0 fully saturated rings. The molecular weight excluding hydrogens is 420 g/mol. The van der Waals surface area contributed by atoms with E-state index in [1.165, 1.54) is 0 Å². The molecular formula is C24H26N4O3Si. The largest absolute Gasteiger partial charge is 0.439 e. The number of aromatic nitrogens is 4. The van der Waals surface area contributed by atoms with Crippen molar-refractivity contribution in [2.75, 3.05) is 6.61 Å². The molecule has 3 heterocycles. The minimum atomic E-state index is -1.11. The highest BCUT2D eigenvalue weighted by molar-refractivity contribution is 6.76. The third kappa shape index (κ3) is 5.46. The van der Waals surface area contributed by atoms with Gasteiger partial charge in [-0.1, -0.05) is 19.6 Å². The molecule has 8 heteroatoms. The lowest BCUT2D eigenvalue weighted by molar-refractivity contribution is 0.0798. The molecule has 4 rings (SSSR count). The van der Waals surface area contributed by atoms with E-state index in [9.17, 15) is 4.79 Å². The van der Waals surface area contributed by atoms with E-state index in [4.69, 9.17) is 9.47 Å². The fraction of sp³-hybridized carbons (Fsp3) is 0.250. The van der Waals surface area contributed by atoms with Gasteiger partial charge in [-0.25, -0.2) is 9.67 Å². The number of ether oxygens (including phenoxy) is 2. The fourth-order valence-corrected chi connectivity index (χ4v) is 3.94. The van der Waals surface area contributed by atoms with Crippen LogP contribution in [0.3, 0.4) is 0 Å². The van der Waals surface area contributed by atoms with Crippen molar-refractivity contribution >= 4 is 25.1 Å². The van der Waals surface area contributed by atoms with Crippen molar-refractivity contribution in [3.63, 3.8) is 0 Å². The molecule has 0 spiro atoms. The molecule has 0 saturated carbocycles. The molecule has 32 heavy (non-hydrogen) atoms. The summed E-state index contributed by atoms with van der Waals surface area (Å²) in [5, 5.41) is 6.19. The Hall–Kier alpha value is -3.36. The summed E-state index contributed by atoms with van der Waals surface area (Å²) in [7, 11) is -1.11. The van der Waals surface area contributed by atoms with E-state index in [0.29, 0.717) is 24.1 Å². The number of benzene rings is 1. The maximum Gasteiger partial charge on any atom is 0.219 e. The number of hydrogen-bond donors (Lipinski definition) is 0. The molecule has 7 nitrogen and oxygen atoms in total. The third-order valence-electron chi connectivity index (χ3n) is 5.02. The quantitative estimate of drug-likeness (QED) is 0.194. The summed E-state index contributed by atoms with van der Waals surface area (Å²) >= 11 is 0. The summed E-state index contributed by atoms with van der Waals surface area (Å²) in [5.41, 5.74) is 2.26. The van der Waals surface area contributed by atoms with Crippen LogP contribution >= 0.6 is 0 Å². The van der Waals surface area contributed by atoms with Crippen LogP contribution in [0.15, 0.2) is 61.1 Å². The van der Waals surface area contributed by atoms with Crippen molar-refractivity contribution in [1.29, 1.82) is 0 Å². The van der Waals surface area contributed by atoms with Gasteiger partial charge in [-0.2, -0.15) is 5.10 Å². The Morgan fingerprint density at radius 1 is 1.00 bits per heavy atom. The molecule has 0 aliphatic rings. The molecule has 0 unspecified atom stereocenters. The fourth-order valence-electron chi connectivity index (χ4n) is 3.19. The molecule has 1 aromatic carbocycles. The zero-order chi connectivity index (χ0) is 22.6. The second kappa shape index (κ2) is 9.42. The van der Waals surface area contributed by atoms with Gasteiger partial charge in [-0.05, 0) is 47.8 Å². The molecule has 0 atom stereocenters. The summed E-state index contributed by atoms with van der Waals surface area (Å²) in [6, 6.07) is 14.2. The number of pyridine rings is 2. The highest BCUT2D eigenvalue weighted by atomic mass is 28.3. The van der Waals surface area contributed by atoms with E-state index < -0.39 is 8.07 Å². The molecule has 164 valence electrons. The number of carbonyl (C=O) groups is 1. The van der Waals surface area contributed by atoms with Crippen LogP contribution in [0.1, 0.15) is 10.5 Å². The number of fused-ring (bicyclic) bond motifs is 1. The van der Waals surface area contributed by atoms with Gasteiger partial charge in [0.1, 0.15) is 18.2 Å². The van der Waals surface area contributed by atoms with Gasteiger partial charge < -0.3 is 9.47 Å². The van der Waals surface area contributed by atoms with Gasteiger partial charge in [0, 0.05) is 50.3 Å². The van der Waals surface area contributed by atoms with Crippen LogP contribution in [-0.4, -0.2) is 40.7 Å². The van der Waals surface area contributed by atoms with Crippen LogP contribution in [0.4, 0.5) is 0 Å². The molecule has 0 saturated heterocycles. The maximum atomic E-state index is 11.0. The minimum absolute atomic E-state index is 0.387. The standard InChI is InChI=1S/C24H26N4O3Si/c1-32(2,3)11-10-30-17-28-23(8-9-27-28)19-5-7-24(26-15-19)31-22-6-4-18-14-25-21(16-29)12-20(18)13-22/h4-9,12-16H,10-11,17H2,1-3H3. The first-order chi connectivity index (χ1) is 15.4. The number of carbonyl (C=O) groups excluding carboxylic acids is 1. The lowest BCUT2D eigenvalue weighted by Gasteiger charge is -2.16. The van der Waals surface area contributed by atoms with E-state index in [0.717, 1.165) is 41.0 Å². The van der Waals surface area contributed by atoms with Gasteiger partial charge >= 0.3 is 0 Å². The molecule has 0 radical (unpaired) electrons. The van der Waals surface area contributed by atoms with Gasteiger partial charge in [0.25, 0.3) is 0 Å². The predicted molar refractivity (Wildman–Crippen MR) is 127 cm³/mol. The first-order valence-corrected chi connectivity index (χ1v) is 14.2. The van der Waals surface area contributed by atoms with Gasteiger partial charge in [-0.3, -0.25) is 9.78 Å². The van der Waals surface area contributed by atoms with Crippen molar-refractivity contribution in [3.8, 4) is 22.9 Å². The van der Waals surface area contributed by atoms with Crippen molar-refractivity contribution in [3.05, 3.63) is 66.7 Å². The Bertz CT molecular complexity index is 1220. The van der Waals surface area contributed by atoms with Crippen LogP contribution in [0.5, 0.6) is 11.6 Å². The zero-order valence-electron chi connectivity index (χ0n) is 18.5. The molecule has 0 aliphatic heterocycles. The molecule has 0 N–H and O–H groups in total. The predicted octanol–water partition coefficient (Wildman–Crippen LogP) is 5.41. The summed E-state index contributed by atoms with van der Waals surface area (Å²) in [6.07, 6.45) is 5.93. The Labute approximate surface area is 188 Å². The lowest BCUT2D eigenvalue weighted by Crippen LogP contribution is -2.22. The number of nitrogens with zero attached hydrogens (tertiary/aromatic N) is 4. The van der Waals surface area contributed by atoms with Gasteiger partial charge in [-0.15, -0.1) is 0 Å². The van der Waals surface area contributed by atoms with Crippen molar-refractivity contribution < 1.29 is 14.3 Å². The first-order valence-electron chi connectivity index (χ1n) is 10.5. The third-order valence-corrected chi connectivity index (χ3v) is 6.72. The van der Waals surface area contributed by atoms with E-state index in [1.54, 1.807) is 24.7 Å². The zero-order valence-corrected chi connectivity index (χ0v) is 19.5. The van der Waals surface area contributed by atoms with Crippen LogP contribution in [0, 0.1) is 0 Å². The average Bonchev–Trinajstić information content (AvgIpc) is 3.24. The molecule has 0 bridgehead atoms. The molecule has 0 aliphatic carbocycles. The van der Waals surface area contributed by atoms with E-state index in [1.807, 2.05) is 41.1 Å². The summed E-state index contributed by atoms with van der Waals surface area (Å²) in [5.74, 6) is 1.12. The SMILES string of the molecule is C[Si](C)(C)CCOCn1nccc1-c1ccc(Oc2ccc3cnc(C=O)cc3c2)nc1. The van der Waals surface area contributed by atoms with Crippen LogP contribution in [0.25, 0.3) is 22.0 Å². The number of rotatable bonds is 9. The van der Waals surface area contributed by atoms with Gasteiger partial charge in [0.2, 0.25) is 5.88 Å². The van der Waals surface area contributed by atoms with Crippen molar-refractivity contribution in [2.45, 2.75) is 32.4 Å². The number of aldehydes is 1. The van der Waals surface area contributed by atoms with Crippen LogP contribution in [0.2, 0.25) is 25.7 Å². The van der Waals surface area contributed by atoms with Crippen LogP contribution < -0.4 is 4.74 Å².